The summed E-state index contributed by atoms with van der Waals surface area (Å²) in [5.41, 5.74) is 2.72. The van der Waals surface area contributed by atoms with Crippen molar-refractivity contribution in [3.05, 3.63) is 57.6 Å². The summed E-state index contributed by atoms with van der Waals surface area (Å²) >= 11 is 0. The molecule has 0 saturated carbocycles. The van der Waals surface area contributed by atoms with Gasteiger partial charge in [0.2, 0.25) is 0 Å². The number of nitrogens with zero attached hydrogens (tertiary/aromatic N) is 2. The second-order valence-corrected chi connectivity index (χ2v) is 7.15. The van der Waals surface area contributed by atoms with Crippen molar-refractivity contribution in [1.29, 1.82) is 0 Å². The number of nitro groups is 1. The van der Waals surface area contributed by atoms with Gasteiger partial charge in [-0.05, 0) is 40.6 Å². The number of rotatable bonds is 5. The second kappa shape index (κ2) is 7.22. The first kappa shape index (κ1) is 19.5. The van der Waals surface area contributed by atoms with E-state index in [0.717, 1.165) is 16.3 Å². The highest BCUT2D eigenvalue weighted by molar-refractivity contribution is 6.11. The fraction of sp³-hybridized carbons (Fsp3) is 0.227. The van der Waals surface area contributed by atoms with E-state index in [9.17, 15) is 14.9 Å². The minimum Gasteiger partial charge on any atom is -0.493 e. The summed E-state index contributed by atoms with van der Waals surface area (Å²) in [6.45, 7) is 0.156. The van der Waals surface area contributed by atoms with Gasteiger partial charge in [0.05, 0.1) is 24.7 Å². The Hall–Kier alpha value is -3.81. The number of nitro benzene ring substituents is 1. The van der Waals surface area contributed by atoms with Gasteiger partial charge in [0.15, 0.2) is 11.5 Å². The summed E-state index contributed by atoms with van der Waals surface area (Å²) in [6.07, 6.45) is 0. The van der Waals surface area contributed by atoms with Gasteiger partial charge in [-0.2, -0.15) is 0 Å². The molecule has 0 atom stereocenters. The molecule has 0 fully saturated rings. The van der Waals surface area contributed by atoms with Gasteiger partial charge in [0, 0.05) is 31.3 Å². The molecule has 4 rings (SSSR count). The Balaban J connectivity index is 2.09. The molecule has 0 unspecified atom stereocenters. The van der Waals surface area contributed by atoms with E-state index < -0.39 is 10.9 Å². The quantitative estimate of drug-likeness (QED) is 0.355. The van der Waals surface area contributed by atoms with Crippen molar-refractivity contribution in [2.24, 2.45) is 0 Å². The first-order valence-electron chi connectivity index (χ1n) is 9.20. The van der Waals surface area contributed by atoms with Crippen molar-refractivity contribution < 1.29 is 23.9 Å². The third kappa shape index (κ3) is 2.97. The molecule has 154 valence electrons. The zero-order valence-electron chi connectivity index (χ0n) is 17.0. The molecule has 0 radical (unpaired) electrons. The molecular weight excluding hydrogens is 388 g/mol. The highest BCUT2D eigenvalue weighted by Gasteiger charge is 2.29. The standard InChI is InChI=1S/C22H20N2O6/c1-23(2)16-6-5-12(8-17(16)24(26)27)20-15-10-19(29-4)18(28-3)9-13(15)7-14-11-30-22(25)21(14)20/h5-10H,11H2,1-4H3. The van der Waals surface area contributed by atoms with Gasteiger partial charge in [-0.15, -0.1) is 0 Å². The summed E-state index contributed by atoms with van der Waals surface area (Å²) in [7, 11) is 6.56. The number of cyclic esters (lactones) is 1. The molecule has 30 heavy (non-hydrogen) atoms. The third-order valence-corrected chi connectivity index (χ3v) is 5.23. The van der Waals surface area contributed by atoms with Gasteiger partial charge in [0.1, 0.15) is 12.3 Å². The number of anilines is 1. The van der Waals surface area contributed by atoms with E-state index in [2.05, 4.69) is 0 Å². The number of methoxy groups -OCH3 is 2. The van der Waals surface area contributed by atoms with E-state index in [4.69, 9.17) is 14.2 Å². The molecule has 0 bridgehead atoms. The summed E-state index contributed by atoms with van der Waals surface area (Å²) in [4.78, 5) is 25.5. The van der Waals surface area contributed by atoms with Crippen LogP contribution in [0.2, 0.25) is 0 Å². The fourth-order valence-corrected chi connectivity index (χ4v) is 3.85. The Labute approximate surface area is 172 Å². The number of fused-ring (bicyclic) bond motifs is 2. The zero-order chi connectivity index (χ0) is 21.6. The fourth-order valence-electron chi connectivity index (χ4n) is 3.85. The van der Waals surface area contributed by atoms with E-state index in [1.807, 2.05) is 12.1 Å². The van der Waals surface area contributed by atoms with Gasteiger partial charge in [0.25, 0.3) is 5.69 Å². The van der Waals surface area contributed by atoms with Crippen molar-refractivity contribution in [3.8, 4) is 22.6 Å². The largest absolute Gasteiger partial charge is 0.493 e. The normalized spacial score (nSPS) is 12.5. The molecule has 3 aromatic rings. The van der Waals surface area contributed by atoms with Crippen LogP contribution in [0.25, 0.3) is 21.9 Å². The molecular formula is C22H20N2O6. The molecule has 3 aromatic carbocycles. The van der Waals surface area contributed by atoms with Crippen LogP contribution < -0.4 is 14.4 Å². The maximum Gasteiger partial charge on any atom is 0.339 e. The highest BCUT2D eigenvalue weighted by atomic mass is 16.6. The van der Waals surface area contributed by atoms with Crippen molar-refractivity contribution in [2.75, 3.05) is 33.2 Å². The lowest BCUT2D eigenvalue weighted by atomic mass is 9.90. The maximum absolute atomic E-state index is 12.6. The number of esters is 1. The van der Waals surface area contributed by atoms with Crippen LogP contribution in [-0.4, -0.2) is 39.2 Å². The van der Waals surface area contributed by atoms with Crippen molar-refractivity contribution >= 4 is 28.1 Å². The number of ether oxygens (including phenoxy) is 3. The van der Waals surface area contributed by atoms with Gasteiger partial charge >= 0.3 is 5.97 Å². The number of hydrogen-bond donors (Lipinski definition) is 0. The number of carbonyl (C=O) groups is 1. The SMILES string of the molecule is COc1cc2cc3c(c(-c4ccc(N(C)C)c([N+](=O)[O-])c4)c2cc1OC)C(=O)OC3. The van der Waals surface area contributed by atoms with Gasteiger partial charge in [-0.1, -0.05) is 6.07 Å². The predicted octanol–water partition coefficient (Wildman–Crippen LogP) is 4.17. The number of carbonyl (C=O) groups excluding carboxylic acids is 1. The molecule has 8 heteroatoms. The molecule has 1 aliphatic rings. The predicted molar refractivity (Wildman–Crippen MR) is 113 cm³/mol. The minimum absolute atomic E-state index is 0.0462. The molecule has 0 N–H and O–H groups in total. The zero-order valence-corrected chi connectivity index (χ0v) is 17.0. The van der Waals surface area contributed by atoms with Gasteiger partial charge in [-0.3, -0.25) is 10.1 Å². The van der Waals surface area contributed by atoms with Crippen LogP contribution in [0.5, 0.6) is 11.5 Å². The van der Waals surface area contributed by atoms with Crippen LogP contribution in [0.3, 0.4) is 0 Å². The van der Waals surface area contributed by atoms with E-state index in [-0.39, 0.29) is 12.3 Å². The molecule has 0 spiro atoms. The second-order valence-electron chi connectivity index (χ2n) is 7.15. The first-order valence-corrected chi connectivity index (χ1v) is 9.20. The summed E-state index contributed by atoms with van der Waals surface area (Å²) < 4.78 is 16.1. The van der Waals surface area contributed by atoms with Gasteiger partial charge < -0.3 is 19.1 Å². The van der Waals surface area contributed by atoms with E-state index in [1.165, 1.54) is 13.2 Å². The topological polar surface area (TPSA) is 91.1 Å². The average molecular weight is 408 g/mol. The molecule has 1 aliphatic heterocycles. The Morgan fingerprint density at radius 3 is 2.37 bits per heavy atom. The molecule has 1 heterocycles. The summed E-state index contributed by atoms with van der Waals surface area (Å²) in [6, 6.07) is 10.4. The molecule has 0 aliphatic carbocycles. The van der Waals surface area contributed by atoms with Crippen LogP contribution in [0.4, 0.5) is 11.4 Å². The monoisotopic (exact) mass is 408 g/mol. The van der Waals surface area contributed by atoms with Crippen LogP contribution in [0.1, 0.15) is 15.9 Å². The van der Waals surface area contributed by atoms with Crippen molar-refractivity contribution in [1.82, 2.24) is 0 Å². The summed E-state index contributed by atoms with van der Waals surface area (Å²) in [5.74, 6) is 0.600. The van der Waals surface area contributed by atoms with Crippen LogP contribution in [0, 0.1) is 10.1 Å². The lowest BCUT2D eigenvalue weighted by molar-refractivity contribution is -0.384. The molecule has 0 amide bonds. The maximum atomic E-state index is 12.6. The van der Waals surface area contributed by atoms with Crippen LogP contribution in [-0.2, 0) is 11.3 Å². The van der Waals surface area contributed by atoms with E-state index in [0.29, 0.717) is 33.9 Å². The minimum atomic E-state index is -0.448. The number of benzene rings is 3. The van der Waals surface area contributed by atoms with Gasteiger partial charge in [-0.25, -0.2) is 4.79 Å². The first-order chi connectivity index (χ1) is 14.3. The molecule has 0 aromatic heterocycles. The lowest BCUT2D eigenvalue weighted by Gasteiger charge is -2.17. The third-order valence-electron chi connectivity index (χ3n) is 5.23. The van der Waals surface area contributed by atoms with E-state index >= 15 is 0 Å². The van der Waals surface area contributed by atoms with Crippen molar-refractivity contribution in [3.63, 3.8) is 0 Å². The lowest BCUT2D eigenvalue weighted by Crippen LogP contribution is -2.11. The Morgan fingerprint density at radius 2 is 1.73 bits per heavy atom. The van der Waals surface area contributed by atoms with Crippen LogP contribution >= 0.6 is 0 Å². The Bertz CT molecular complexity index is 1200. The van der Waals surface area contributed by atoms with E-state index in [1.54, 1.807) is 44.3 Å². The average Bonchev–Trinajstić information content (AvgIpc) is 3.10. The molecule has 0 saturated heterocycles. The Morgan fingerprint density at radius 1 is 1.03 bits per heavy atom. The van der Waals surface area contributed by atoms with Crippen LogP contribution in [0.15, 0.2) is 36.4 Å². The molecule has 8 nitrogen and oxygen atoms in total. The highest BCUT2D eigenvalue weighted by Crippen LogP contribution is 2.44. The smallest absolute Gasteiger partial charge is 0.339 e. The summed E-state index contributed by atoms with van der Waals surface area (Å²) in [5, 5.41) is 13.2. The van der Waals surface area contributed by atoms with Crippen molar-refractivity contribution in [2.45, 2.75) is 6.61 Å². The number of hydrogen-bond acceptors (Lipinski definition) is 7. The Kier molecular flexibility index (Phi) is 4.69.